The summed E-state index contributed by atoms with van der Waals surface area (Å²) in [6, 6.07) is 16.5. The molecule has 0 aromatic heterocycles. The van der Waals surface area contributed by atoms with Gasteiger partial charge in [0.25, 0.3) is 5.91 Å². The number of hydrogen-bond acceptors (Lipinski definition) is 4. The maximum absolute atomic E-state index is 13.2. The lowest BCUT2D eigenvalue weighted by Crippen LogP contribution is -2.52. The van der Waals surface area contributed by atoms with Gasteiger partial charge in [0.1, 0.15) is 17.5 Å². The molecule has 2 aromatic carbocycles. The van der Waals surface area contributed by atoms with Crippen LogP contribution in [0.5, 0.6) is 11.5 Å². The summed E-state index contributed by atoms with van der Waals surface area (Å²) in [7, 11) is 1.60. The van der Waals surface area contributed by atoms with Crippen LogP contribution in [0.3, 0.4) is 0 Å². The van der Waals surface area contributed by atoms with Crippen molar-refractivity contribution in [1.29, 1.82) is 0 Å². The number of nitrogens with zero attached hydrogens (tertiary/aromatic N) is 1. The lowest BCUT2D eigenvalue weighted by molar-refractivity contribution is -0.143. The van der Waals surface area contributed by atoms with E-state index in [-0.39, 0.29) is 24.5 Å². The fourth-order valence-corrected chi connectivity index (χ4v) is 4.14. The third-order valence-electron chi connectivity index (χ3n) is 5.95. The summed E-state index contributed by atoms with van der Waals surface area (Å²) in [6.45, 7) is 2.18. The number of methoxy groups -OCH3 is 1. The summed E-state index contributed by atoms with van der Waals surface area (Å²) in [5, 5.41) is 3.19. The highest BCUT2D eigenvalue weighted by Gasteiger charge is 2.30. The number of benzene rings is 2. The van der Waals surface area contributed by atoms with Crippen molar-refractivity contribution in [2.24, 2.45) is 0 Å². The summed E-state index contributed by atoms with van der Waals surface area (Å²) < 4.78 is 10.9. The monoisotopic (exact) mass is 438 g/mol. The average molecular weight is 439 g/mol. The summed E-state index contributed by atoms with van der Waals surface area (Å²) in [4.78, 5) is 28.1. The molecule has 0 heterocycles. The van der Waals surface area contributed by atoms with Crippen molar-refractivity contribution < 1.29 is 19.1 Å². The molecule has 3 rings (SSSR count). The lowest BCUT2D eigenvalue weighted by Gasteiger charge is -2.32. The second-order valence-electron chi connectivity index (χ2n) is 8.24. The zero-order valence-corrected chi connectivity index (χ0v) is 19.1. The Kier molecular flexibility index (Phi) is 8.96. The van der Waals surface area contributed by atoms with Crippen molar-refractivity contribution in [3.63, 3.8) is 0 Å². The zero-order chi connectivity index (χ0) is 22.8. The molecular weight excluding hydrogens is 404 g/mol. The Morgan fingerprint density at radius 2 is 1.66 bits per heavy atom. The van der Waals surface area contributed by atoms with Crippen LogP contribution in [0.25, 0.3) is 0 Å². The third kappa shape index (κ3) is 6.74. The number of hydrogen-bond donors (Lipinski definition) is 1. The molecule has 1 fully saturated rings. The second-order valence-corrected chi connectivity index (χ2v) is 8.24. The van der Waals surface area contributed by atoms with Crippen LogP contribution in [-0.4, -0.2) is 42.5 Å². The SMILES string of the molecule is CCC(C(=O)NC1CCCCC1)N(Cc1ccccc1)C(=O)COc1ccc(OC)cc1. The minimum absolute atomic E-state index is 0.0758. The molecule has 0 radical (unpaired) electrons. The van der Waals surface area contributed by atoms with Gasteiger partial charge in [-0.05, 0) is 49.1 Å². The molecule has 6 nitrogen and oxygen atoms in total. The molecule has 1 atom stereocenters. The minimum Gasteiger partial charge on any atom is -0.497 e. The van der Waals surface area contributed by atoms with E-state index >= 15 is 0 Å². The highest BCUT2D eigenvalue weighted by molar-refractivity contribution is 5.88. The van der Waals surface area contributed by atoms with Crippen LogP contribution in [0.1, 0.15) is 51.0 Å². The topological polar surface area (TPSA) is 67.9 Å². The zero-order valence-electron chi connectivity index (χ0n) is 19.1. The van der Waals surface area contributed by atoms with E-state index in [2.05, 4.69) is 5.32 Å². The van der Waals surface area contributed by atoms with Crippen molar-refractivity contribution in [3.8, 4) is 11.5 Å². The van der Waals surface area contributed by atoms with E-state index in [0.717, 1.165) is 37.0 Å². The third-order valence-corrected chi connectivity index (χ3v) is 5.95. The first-order valence-electron chi connectivity index (χ1n) is 11.5. The van der Waals surface area contributed by atoms with Gasteiger partial charge in [-0.15, -0.1) is 0 Å². The van der Waals surface area contributed by atoms with Crippen molar-refractivity contribution >= 4 is 11.8 Å². The fourth-order valence-electron chi connectivity index (χ4n) is 4.14. The van der Waals surface area contributed by atoms with Gasteiger partial charge in [0.2, 0.25) is 5.91 Å². The molecular formula is C26H34N2O4. The molecule has 0 spiro atoms. The van der Waals surface area contributed by atoms with E-state index in [1.807, 2.05) is 37.3 Å². The Hall–Kier alpha value is -3.02. The van der Waals surface area contributed by atoms with E-state index in [1.165, 1.54) is 6.42 Å². The molecule has 2 amide bonds. The van der Waals surface area contributed by atoms with E-state index in [0.29, 0.717) is 18.7 Å². The normalized spacial score (nSPS) is 14.9. The smallest absolute Gasteiger partial charge is 0.261 e. The largest absolute Gasteiger partial charge is 0.497 e. The molecule has 1 aliphatic rings. The number of nitrogens with one attached hydrogen (secondary N) is 1. The maximum atomic E-state index is 13.2. The van der Waals surface area contributed by atoms with Gasteiger partial charge in [-0.1, -0.05) is 56.5 Å². The Morgan fingerprint density at radius 3 is 2.28 bits per heavy atom. The predicted molar refractivity (Wildman–Crippen MR) is 125 cm³/mol. The van der Waals surface area contributed by atoms with Crippen molar-refractivity contribution in [3.05, 3.63) is 60.2 Å². The second kappa shape index (κ2) is 12.1. The Balaban J connectivity index is 1.71. The van der Waals surface area contributed by atoms with Crippen LogP contribution in [0.2, 0.25) is 0 Å². The minimum atomic E-state index is -0.538. The Labute approximate surface area is 190 Å². The van der Waals surface area contributed by atoms with Crippen LogP contribution in [0.15, 0.2) is 54.6 Å². The molecule has 1 saturated carbocycles. The number of ether oxygens (including phenoxy) is 2. The molecule has 0 bridgehead atoms. The van der Waals surface area contributed by atoms with Gasteiger partial charge >= 0.3 is 0 Å². The van der Waals surface area contributed by atoms with Gasteiger partial charge in [-0.2, -0.15) is 0 Å². The molecule has 1 aliphatic carbocycles. The standard InChI is InChI=1S/C26H34N2O4/c1-3-24(26(30)27-21-12-8-5-9-13-21)28(18-20-10-6-4-7-11-20)25(29)19-32-23-16-14-22(31-2)15-17-23/h4,6-7,10-11,14-17,21,24H,3,5,8-9,12-13,18-19H2,1-2H3,(H,27,30). The van der Waals surface area contributed by atoms with Gasteiger partial charge in [-0.25, -0.2) is 0 Å². The molecule has 1 N–H and O–H groups in total. The first-order chi connectivity index (χ1) is 15.6. The van der Waals surface area contributed by atoms with Gasteiger partial charge in [0.05, 0.1) is 7.11 Å². The highest BCUT2D eigenvalue weighted by Crippen LogP contribution is 2.20. The Morgan fingerprint density at radius 1 is 1.00 bits per heavy atom. The highest BCUT2D eigenvalue weighted by atomic mass is 16.5. The van der Waals surface area contributed by atoms with Crippen LogP contribution in [-0.2, 0) is 16.1 Å². The quantitative estimate of drug-likeness (QED) is 0.600. The van der Waals surface area contributed by atoms with Crippen LogP contribution in [0.4, 0.5) is 0 Å². The van der Waals surface area contributed by atoms with E-state index in [1.54, 1.807) is 36.3 Å². The summed E-state index contributed by atoms with van der Waals surface area (Å²) in [6.07, 6.45) is 6.07. The van der Waals surface area contributed by atoms with Crippen LogP contribution in [0, 0.1) is 0 Å². The molecule has 32 heavy (non-hydrogen) atoms. The molecule has 1 unspecified atom stereocenters. The van der Waals surface area contributed by atoms with E-state index in [9.17, 15) is 9.59 Å². The summed E-state index contributed by atoms with van der Waals surface area (Å²) in [5.74, 6) is 1.02. The number of rotatable bonds is 10. The molecule has 0 aliphatic heterocycles. The van der Waals surface area contributed by atoms with Gasteiger partial charge in [0.15, 0.2) is 6.61 Å². The van der Waals surface area contributed by atoms with Crippen molar-refractivity contribution in [1.82, 2.24) is 10.2 Å². The number of amides is 2. The molecule has 172 valence electrons. The fraction of sp³-hybridized carbons (Fsp3) is 0.462. The maximum Gasteiger partial charge on any atom is 0.261 e. The number of carbonyl (C=O) groups is 2. The number of carbonyl (C=O) groups excluding carboxylic acids is 2. The predicted octanol–water partition coefficient (Wildman–Crippen LogP) is 4.33. The van der Waals surface area contributed by atoms with Crippen molar-refractivity contribution in [2.75, 3.05) is 13.7 Å². The first kappa shape index (κ1) is 23.6. The van der Waals surface area contributed by atoms with Gasteiger partial charge in [0, 0.05) is 12.6 Å². The summed E-state index contributed by atoms with van der Waals surface area (Å²) in [5.41, 5.74) is 0.981. The van der Waals surface area contributed by atoms with Crippen molar-refractivity contribution in [2.45, 2.75) is 64.1 Å². The van der Waals surface area contributed by atoms with Gasteiger partial charge in [-0.3, -0.25) is 9.59 Å². The van der Waals surface area contributed by atoms with Crippen LogP contribution >= 0.6 is 0 Å². The molecule has 0 saturated heterocycles. The Bertz CT molecular complexity index is 848. The van der Waals surface area contributed by atoms with Crippen LogP contribution < -0.4 is 14.8 Å². The molecule has 2 aromatic rings. The van der Waals surface area contributed by atoms with Gasteiger partial charge < -0.3 is 19.7 Å². The lowest BCUT2D eigenvalue weighted by atomic mass is 9.95. The summed E-state index contributed by atoms with van der Waals surface area (Å²) >= 11 is 0. The average Bonchev–Trinajstić information content (AvgIpc) is 2.84. The first-order valence-corrected chi connectivity index (χ1v) is 11.5. The molecule has 6 heteroatoms. The van der Waals surface area contributed by atoms with E-state index < -0.39 is 6.04 Å². The van der Waals surface area contributed by atoms with E-state index in [4.69, 9.17) is 9.47 Å².